The molecule has 1 atom stereocenters. The van der Waals surface area contributed by atoms with E-state index < -0.39 is 0 Å². The van der Waals surface area contributed by atoms with Crippen LogP contribution in [0.15, 0.2) is 29.2 Å². The molecule has 0 saturated heterocycles. The number of allylic oxidation sites excluding steroid dienone is 1. The van der Waals surface area contributed by atoms with Gasteiger partial charge in [-0.2, -0.15) is 0 Å². The van der Waals surface area contributed by atoms with Crippen molar-refractivity contribution in [2.45, 2.75) is 25.7 Å². The second-order valence-electron chi connectivity index (χ2n) is 3.22. The second-order valence-corrected chi connectivity index (χ2v) is 3.22. The maximum absolute atomic E-state index is 8.90. The molecule has 0 fully saturated rings. The Balaban J connectivity index is 2.57. The van der Waals surface area contributed by atoms with Gasteiger partial charge in [-0.25, -0.2) is 0 Å². The van der Waals surface area contributed by atoms with Crippen LogP contribution in [0.25, 0.3) is 0 Å². The first-order chi connectivity index (χ1) is 6.27. The van der Waals surface area contributed by atoms with Crippen molar-refractivity contribution in [3.8, 4) is 0 Å². The lowest BCUT2D eigenvalue weighted by atomic mass is 10.1. The van der Waals surface area contributed by atoms with Crippen molar-refractivity contribution >= 4 is 0 Å². The third kappa shape index (κ3) is 2.74. The molecule has 0 amide bonds. The van der Waals surface area contributed by atoms with Crippen LogP contribution in [0.3, 0.4) is 0 Å². The quantitative estimate of drug-likeness (QED) is 0.706. The van der Waals surface area contributed by atoms with Gasteiger partial charge in [0.2, 0.25) is 0 Å². The maximum Gasteiger partial charge on any atom is 0.109 e. The predicted molar refractivity (Wildman–Crippen MR) is 52.7 cm³/mol. The molecule has 1 N–H and O–H groups in total. The number of furan rings is 1. The van der Waals surface area contributed by atoms with Crippen LogP contribution in [-0.2, 0) is 6.42 Å². The van der Waals surface area contributed by atoms with Crippen molar-refractivity contribution in [3.63, 3.8) is 0 Å². The highest BCUT2D eigenvalue weighted by molar-refractivity contribution is 5.11. The van der Waals surface area contributed by atoms with E-state index in [2.05, 4.69) is 6.58 Å². The molecule has 2 heteroatoms. The van der Waals surface area contributed by atoms with E-state index in [1.165, 1.54) is 0 Å². The van der Waals surface area contributed by atoms with Gasteiger partial charge in [-0.15, -0.1) is 6.58 Å². The Morgan fingerprint density at radius 3 is 3.00 bits per heavy atom. The SMILES string of the molecule is C=CCCc1ccc([C@@H](C)CO)o1. The largest absolute Gasteiger partial charge is 0.466 e. The summed E-state index contributed by atoms with van der Waals surface area (Å²) in [5.74, 6) is 1.93. The molecule has 0 radical (unpaired) electrons. The third-order valence-corrected chi connectivity index (χ3v) is 2.04. The Kier molecular flexibility index (Phi) is 3.77. The van der Waals surface area contributed by atoms with Gasteiger partial charge in [0.1, 0.15) is 11.5 Å². The Morgan fingerprint density at radius 1 is 1.62 bits per heavy atom. The van der Waals surface area contributed by atoms with Crippen LogP contribution < -0.4 is 0 Å². The average molecular weight is 180 g/mol. The van der Waals surface area contributed by atoms with Crippen LogP contribution in [0.1, 0.15) is 30.8 Å². The van der Waals surface area contributed by atoms with Gasteiger partial charge in [0.25, 0.3) is 0 Å². The summed E-state index contributed by atoms with van der Waals surface area (Å²) in [6.07, 6.45) is 3.69. The maximum atomic E-state index is 8.90. The van der Waals surface area contributed by atoms with Crippen molar-refractivity contribution < 1.29 is 9.52 Å². The van der Waals surface area contributed by atoms with Crippen molar-refractivity contribution in [2.75, 3.05) is 6.61 Å². The topological polar surface area (TPSA) is 33.4 Å². The normalized spacial score (nSPS) is 12.8. The van der Waals surface area contributed by atoms with E-state index in [-0.39, 0.29) is 12.5 Å². The van der Waals surface area contributed by atoms with E-state index in [1.807, 2.05) is 25.1 Å². The molecule has 0 unspecified atom stereocenters. The number of aryl methyl sites for hydroxylation is 1. The number of aliphatic hydroxyl groups excluding tert-OH is 1. The first kappa shape index (κ1) is 10.1. The van der Waals surface area contributed by atoms with Crippen LogP contribution in [0.4, 0.5) is 0 Å². The molecule has 1 rings (SSSR count). The van der Waals surface area contributed by atoms with Gasteiger partial charge in [-0.05, 0) is 18.6 Å². The lowest BCUT2D eigenvalue weighted by molar-refractivity contribution is 0.255. The van der Waals surface area contributed by atoms with Gasteiger partial charge in [0, 0.05) is 12.3 Å². The molecule has 13 heavy (non-hydrogen) atoms. The summed E-state index contributed by atoms with van der Waals surface area (Å²) in [6, 6.07) is 3.89. The molecule has 0 aliphatic heterocycles. The molecule has 0 bridgehead atoms. The molecule has 1 heterocycles. The number of hydrogen-bond donors (Lipinski definition) is 1. The lowest BCUT2D eigenvalue weighted by Crippen LogP contribution is -1.96. The minimum absolute atomic E-state index is 0.0949. The highest BCUT2D eigenvalue weighted by Gasteiger charge is 2.08. The van der Waals surface area contributed by atoms with Gasteiger partial charge in [-0.1, -0.05) is 13.0 Å². The molecule has 72 valence electrons. The average Bonchev–Trinajstić information content (AvgIpc) is 2.62. The van der Waals surface area contributed by atoms with Crippen molar-refractivity contribution in [3.05, 3.63) is 36.3 Å². The lowest BCUT2D eigenvalue weighted by Gasteiger charge is -2.02. The summed E-state index contributed by atoms with van der Waals surface area (Å²) in [7, 11) is 0. The summed E-state index contributed by atoms with van der Waals surface area (Å²) in [5, 5.41) is 8.90. The minimum atomic E-state index is 0.0949. The van der Waals surface area contributed by atoms with Gasteiger partial charge in [-0.3, -0.25) is 0 Å². The van der Waals surface area contributed by atoms with Gasteiger partial charge in [0.15, 0.2) is 0 Å². The Morgan fingerprint density at radius 2 is 2.38 bits per heavy atom. The molecular formula is C11H16O2. The molecule has 0 saturated carbocycles. The van der Waals surface area contributed by atoms with Crippen LogP contribution in [0, 0.1) is 0 Å². The van der Waals surface area contributed by atoms with Gasteiger partial charge < -0.3 is 9.52 Å². The van der Waals surface area contributed by atoms with E-state index in [4.69, 9.17) is 9.52 Å². The Bertz CT molecular complexity index is 263. The second kappa shape index (κ2) is 4.87. The molecule has 0 aromatic carbocycles. The van der Waals surface area contributed by atoms with Crippen molar-refractivity contribution in [2.24, 2.45) is 0 Å². The fraction of sp³-hybridized carbons (Fsp3) is 0.455. The number of hydrogen-bond acceptors (Lipinski definition) is 2. The molecule has 2 nitrogen and oxygen atoms in total. The van der Waals surface area contributed by atoms with Crippen LogP contribution in [-0.4, -0.2) is 11.7 Å². The fourth-order valence-electron chi connectivity index (χ4n) is 1.13. The van der Waals surface area contributed by atoms with Crippen molar-refractivity contribution in [1.82, 2.24) is 0 Å². The number of aliphatic hydroxyl groups is 1. The highest BCUT2D eigenvalue weighted by Crippen LogP contribution is 2.18. The van der Waals surface area contributed by atoms with E-state index in [0.717, 1.165) is 24.4 Å². The monoisotopic (exact) mass is 180 g/mol. The highest BCUT2D eigenvalue weighted by atomic mass is 16.3. The fourth-order valence-corrected chi connectivity index (χ4v) is 1.13. The molecule has 1 aromatic rings. The van der Waals surface area contributed by atoms with Crippen molar-refractivity contribution in [1.29, 1.82) is 0 Å². The zero-order valence-electron chi connectivity index (χ0n) is 7.99. The summed E-state index contributed by atoms with van der Waals surface area (Å²) in [6.45, 7) is 5.73. The molecule has 0 aliphatic rings. The standard InChI is InChI=1S/C11H16O2/c1-3-4-5-10-6-7-11(13-10)9(2)8-12/h3,6-7,9,12H,1,4-5,8H2,2H3/t9-/m0/s1. The summed E-state index contributed by atoms with van der Waals surface area (Å²) >= 11 is 0. The Labute approximate surface area is 78.9 Å². The predicted octanol–water partition coefficient (Wildman–Crippen LogP) is 2.49. The molecule has 0 aliphatic carbocycles. The summed E-state index contributed by atoms with van der Waals surface area (Å²) < 4.78 is 5.53. The zero-order chi connectivity index (χ0) is 9.68. The van der Waals surface area contributed by atoms with Gasteiger partial charge in [0.05, 0.1) is 6.61 Å². The smallest absolute Gasteiger partial charge is 0.109 e. The first-order valence-corrected chi connectivity index (χ1v) is 4.58. The Hall–Kier alpha value is -1.02. The van der Waals surface area contributed by atoms with E-state index in [0.29, 0.717) is 0 Å². The summed E-state index contributed by atoms with van der Waals surface area (Å²) in [5.41, 5.74) is 0. The van der Waals surface area contributed by atoms with Crippen LogP contribution in [0.5, 0.6) is 0 Å². The van der Waals surface area contributed by atoms with Crippen LogP contribution in [0.2, 0.25) is 0 Å². The van der Waals surface area contributed by atoms with E-state index >= 15 is 0 Å². The van der Waals surface area contributed by atoms with Crippen LogP contribution >= 0.6 is 0 Å². The number of rotatable bonds is 5. The van der Waals surface area contributed by atoms with E-state index in [1.54, 1.807) is 0 Å². The minimum Gasteiger partial charge on any atom is -0.466 e. The van der Waals surface area contributed by atoms with E-state index in [9.17, 15) is 0 Å². The molecule has 0 spiro atoms. The summed E-state index contributed by atoms with van der Waals surface area (Å²) in [4.78, 5) is 0. The third-order valence-electron chi connectivity index (χ3n) is 2.04. The molecular weight excluding hydrogens is 164 g/mol. The molecule has 1 aromatic heterocycles. The van der Waals surface area contributed by atoms with Gasteiger partial charge >= 0.3 is 0 Å². The zero-order valence-corrected chi connectivity index (χ0v) is 7.99. The first-order valence-electron chi connectivity index (χ1n) is 4.58.